The Balaban J connectivity index is 1.63. The second-order valence-electron chi connectivity index (χ2n) is 3.85. The second-order valence-corrected chi connectivity index (χ2v) is 5.92. The van der Waals surface area contributed by atoms with Gasteiger partial charge >= 0.3 is 0 Å². The summed E-state index contributed by atoms with van der Waals surface area (Å²) in [5.74, 6) is 0.545. The van der Waals surface area contributed by atoms with Crippen LogP contribution in [-0.4, -0.2) is 19.0 Å². The first-order chi connectivity index (χ1) is 8.84. The van der Waals surface area contributed by atoms with Gasteiger partial charge < -0.3 is 11.1 Å². The van der Waals surface area contributed by atoms with Crippen molar-refractivity contribution in [2.75, 3.05) is 13.1 Å². The smallest absolute Gasteiger partial charge is 0.188 e. The van der Waals surface area contributed by atoms with Gasteiger partial charge in [0.15, 0.2) is 5.96 Å². The molecule has 3 nitrogen and oxygen atoms in total. The highest BCUT2D eigenvalue weighted by atomic mass is 32.1. The molecule has 5 heteroatoms. The first-order valence-electron chi connectivity index (χ1n) is 5.93. The van der Waals surface area contributed by atoms with E-state index in [1.807, 2.05) is 0 Å². The summed E-state index contributed by atoms with van der Waals surface area (Å²) >= 11 is 3.53. The fourth-order valence-electron chi connectivity index (χ4n) is 1.57. The van der Waals surface area contributed by atoms with Gasteiger partial charge in [-0.1, -0.05) is 12.1 Å². The van der Waals surface area contributed by atoms with Gasteiger partial charge in [-0.2, -0.15) is 0 Å². The van der Waals surface area contributed by atoms with E-state index in [4.69, 9.17) is 5.73 Å². The van der Waals surface area contributed by atoms with Crippen molar-refractivity contribution in [3.63, 3.8) is 0 Å². The maximum Gasteiger partial charge on any atom is 0.188 e. The molecule has 2 aromatic heterocycles. The lowest BCUT2D eigenvalue weighted by molar-refractivity contribution is 0.854. The van der Waals surface area contributed by atoms with Crippen LogP contribution >= 0.6 is 22.7 Å². The molecule has 0 saturated heterocycles. The molecule has 2 aromatic rings. The summed E-state index contributed by atoms with van der Waals surface area (Å²) in [6.45, 7) is 1.59. The van der Waals surface area contributed by atoms with Crippen molar-refractivity contribution in [3.8, 4) is 0 Å². The third-order valence-corrected chi connectivity index (χ3v) is 4.35. The van der Waals surface area contributed by atoms with Crippen LogP contribution in [0.1, 0.15) is 9.75 Å². The van der Waals surface area contributed by atoms with E-state index in [-0.39, 0.29) is 0 Å². The quantitative estimate of drug-likeness (QED) is 0.630. The number of hydrogen-bond donors (Lipinski definition) is 2. The number of hydrogen-bond acceptors (Lipinski definition) is 3. The Labute approximate surface area is 115 Å². The lowest BCUT2D eigenvalue weighted by atomic mass is 10.3. The van der Waals surface area contributed by atoms with Gasteiger partial charge in [0.25, 0.3) is 0 Å². The summed E-state index contributed by atoms with van der Waals surface area (Å²) in [7, 11) is 0. The zero-order valence-corrected chi connectivity index (χ0v) is 11.8. The van der Waals surface area contributed by atoms with Gasteiger partial charge in [0.2, 0.25) is 0 Å². The summed E-state index contributed by atoms with van der Waals surface area (Å²) in [6.07, 6.45) is 1.96. The van der Waals surface area contributed by atoms with Crippen LogP contribution in [0.15, 0.2) is 40.0 Å². The van der Waals surface area contributed by atoms with Crippen LogP contribution in [0.25, 0.3) is 0 Å². The first-order valence-corrected chi connectivity index (χ1v) is 7.69. The van der Waals surface area contributed by atoms with Crippen LogP contribution in [-0.2, 0) is 12.8 Å². The maximum absolute atomic E-state index is 5.80. The highest BCUT2D eigenvalue weighted by Crippen LogP contribution is 2.09. The second kappa shape index (κ2) is 7.18. The van der Waals surface area contributed by atoms with E-state index in [1.54, 1.807) is 22.7 Å². The van der Waals surface area contributed by atoms with Gasteiger partial charge in [-0.15, -0.1) is 22.7 Å². The minimum atomic E-state index is 0.545. The molecule has 0 aliphatic carbocycles. The summed E-state index contributed by atoms with van der Waals surface area (Å²) < 4.78 is 0. The Morgan fingerprint density at radius 1 is 1.11 bits per heavy atom. The fraction of sp³-hybridized carbons (Fsp3) is 0.308. The number of rotatable bonds is 6. The minimum Gasteiger partial charge on any atom is -0.370 e. The molecule has 0 radical (unpaired) electrons. The molecule has 2 heterocycles. The molecule has 0 aliphatic heterocycles. The van der Waals surface area contributed by atoms with Crippen molar-refractivity contribution in [1.29, 1.82) is 0 Å². The van der Waals surface area contributed by atoms with Crippen LogP contribution in [0.2, 0.25) is 0 Å². The zero-order chi connectivity index (χ0) is 12.6. The van der Waals surface area contributed by atoms with Gasteiger partial charge in [0, 0.05) is 29.3 Å². The van der Waals surface area contributed by atoms with Crippen LogP contribution in [0.3, 0.4) is 0 Å². The lowest BCUT2D eigenvalue weighted by Crippen LogP contribution is -2.33. The largest absolute Gasteiger partial charge is 0.370 e. The number of nitrogens with zero attached hydrogens (tertiary/aromatic N) is 1. The normalized spacial score (nSPS) is 11.7. The molecule has 96 valence electrons. The van der Waals surface area contributed by atoms with E-state index in [1.165, 1.54) is 9.75 Å². The molecule has 0 unspecified atom stereocenters. The van der Waals surface area contributed by atoms with E-state index in [0.717, 1.165) is 25.9 Å². The van der Waals surface area contributed by atoms with Gasteiger partial charge in [0.1, 0.15) is 0 Å². The van der Waals surface area contributed by atoms with Crippen molar-refractivity contribution in [1.82, 2.24) is 5.32 Å². The van der Waals surface area contributed by atoms with Crippen molar-refractivity contribution in [3.05, 3.63) is 44.8 Å². The predicted molar refractivity (Wildman–Crippen MR) is 80.5 cm³/mol. The monoisotopic (exact) mass is 279 g/mol. The Hall–Kier alpha value is -1.33. The molecule has 0 spiro atoms. The average Bonchev–Trinajstić information content (AvgIpc) is 3.01. The molecule has 0 fully saturated rings. The van der Waals surface area contributed by atoms with Gasteiger partial charge in [-0.25, -0.2) is 0 Å². The van der Waals surface area contributed by atoms with Gasteiger partial charge in [-0.3, -0.25) is 4.99 Å². The summed E-state index contributed by atoms with van der Waals surface area (Å²) in [4.78, 5) is 7.03. The van der Waals surface area contributed by atoms with Crippen molar-refractivity contribution >= 4 is 28.6 Å². The molecular weight excluding hydrogens is 262 g/mol. The molecule has 0 amide bonds. The zero-order valence-electron chi connectivity index (χ0n) is 10.1. The summed E-state index contributed by atoms with van der Waals surface area (Å²) in [5, 5.41) is 7.31. The van der Waals surface area contributed by atoms with E-state index < -0.39 is 0 Å². The van der Waals surface area contributed by atoms with Gasteiger partial charge in [0.05, 0.1) is 0 Å². The fourth-order valence-corrected chi connectivity index (χ4v) is 2.97. The standard InChI is InChI=1S/C13H17N3S2/c14-13(15-7-5-11-3-1-9-17-11)16-8-6-12-4-2-10-18-12/h1-4,9-10H,5-8H2,(H3,14,15,16). The SMILES string of the molecule is NC(=NCCc1cccs1)NCCc1cccs1. The first kappa shape index (κ1) is 13.1. The van der Waals surface area contributed by atoms with E-state index in [0.29, 0.717) is 5.96 Å². The average molecular weight is 279 g/mol. The molecule has 0 aliphatic rings. The number of nitrogens with two attached hydrogens (primary N) is 1. The Kier molecular flexibility index (Phi) is 5.23. The van der Waals surface area contributed by atoms with E-state index >= 15 is 0 Å². The van der Waals surface area contributed by atoms with Crippen LogP contribution < -0.4 is 11.1 Å². The Morgan fingerprint density at radius 2 is 1.78 bits per heavy atom. The summed E-state index contributed by atoms with van der Waals surface area (Å²) in [5.41, 5.74) is 5.80. The molecule has 2 rings (SSSR count). The molecule has 0 bridgehead atoms. The third kappa shape index (κ3) is 4.50. The third-order valence-electron chi connectivity index (χ3n) is 2.48. The van der Waals surface area contributed by atoms with E-state index in [9.17, 15) is 0 Å². The Bertz CT molecular complexity index is 460. The van der Waals surface area contributed by atoms with Crippen molar-refractivity contribution in [2.45, 2.75) is 12.8 Å². The van der Waals surface area contributed by atoms with Crippen LogP contribution in [0.4, 0.5) is 0 Å². The van der Waals surface area contributed by atoms with E-state index in [2.05, 4.69) is 45.3 Å². The number of aliphatic imine (C=N–C) groups is 1. The minimum absolute atomic E-state index is 0.545. The molecular formula is C13H17N3S2. The lowest BCUT2D eigenvalue weighted by Gasteiger charge is -2.04. The predicted octanol–water partition coefficient (Wildman–Crippen LogP) is 2.50. The van der Waals surface area contributed by atoms with Crippen LogP contribution in [0, 0.1) is 0 Å². The van der Waals surface area contributed by atoms with Crippen molar-refractivity contribution < 1.29 is 0 Å². The Morgan fingerprint density at radius 3 is 2.39 bits per heavy atom. The van der Waals surface area contributed by atoms with Gasteiger partial charge in [-0.05, 0) is 29.3 Å². The molecule has 3 N–H and O–H groups in total. The molecule has 0 aromatic carbocycles. The highest BCUT2D eigenvalue weighted by molar-refractivity contribution is 7.10. The van der Waals surface area contributed by atoms with Crippen molar-refractivity contribution in [2.24, 2.45) is 10.7 Å². The topological polar surface area (TPSA) is 50.4 Å². The molecule has 18 heavy (non-hydrogen) atoms. The number of thiophene rings is 2. The number of nitrogens with one attached hydrogen (secondary N) is 1. The molecule has 0 atom stereocenters. The van der Waals surface area contributed by atoms with Crippen LogP contribution in [0.5, 0.6) is 0 Å². The highest BCUT2D eigenvalue weighted by Gasteiger charge is 1.96. The maximum atomic E-state index is 5.80. The summed E-state index contributed by atoms with van der Waals surface area (Å²) in [6, 6.07) is 8.39. The number of guanidine groups is 1. The molecule has 0 saturated carbocycles.